The summed E-state index contributed by atoms with van der Waals surface area (Å²) in [5.74, 6) is 4.77. The minimum Gasteiger partial charge on any atom is -0.370 e. The highest BCUT2D eigenvalue weighted by Gasteiger charge is 2.24. The van der Waals surface area contributed by atoms with Crippen molar-refractivity contribution in [1.82, 2.24) is 20.1 Å². The summed E-state index contributed by atoms with van der Waals surface area (Å²) in [6.07, 6.45) is 7.57. The molecular weight excluding hydrogens is 304 g/mol. The van der Waals surface area contributed by atoms with Crippen molar-refractivity contribution in [3.63, 3.8) is 0 Å². The zero-order chi connectivity index (χ0) is 16.4. The van der Waals surface area contributed by atoms with Gasteiger partial charge >= 0.3 is 0 Å². The molecular formula is C17H24N6O. The van der Waals surface area contributed by atoms with E-state index in [4.69, 9.17) is 4.52 Å². The van der Waals surface area contributed by atoms with Crippen molar-refractivity contribution in [2.45, 2.75) is 39.0 Å². The molecule has 0 amide bonds. The zero-order valence-corrected chi connectivity index (χ0v) is 14.1. The van der Waals surface area contributed by atoms with E-state index in [9.17, 15) is 0 Å². The highest BCUT2D eigenvalue weighted by Crippen LogP contribution is 2.29. The molecule has 0 aromatic carbocycles. The van der Waals surface area contributed by atoms with Gasteiger partial charge in [-0.2, -0.15) is 4.98 Å². The van der Waals surface area contributed by atoms with Gasteiger partial charge in [0, 0.05) is 39.0 Å². The molecule has 2 aromatic rings. The van der Waals surface area contributed by atoms with Gasteiger partial charge in [0.25, 0.3) is 0 Å². The van der Waals surface area contributed by atoms with Gasteiger partial charge in [-0.3, -0.25) is 0 Å². The molecule has 0 unspecified atom stereocenters. The Morgan fingerprint density at radius 3 is 2.96 bits per heavy atom. The summed E-state index contributed by atoms with van der Waals surface area (Å²) in [7, 11) is 0. The van der Waals surface area contributed by atoms with Crippen LogP contribution in [0, 0.1) is 18.8 Å². The number of piperidine rings is 1. The van der Waals surface area contributed by atoms with Gasteiger partial charge in [0.1, 0.15) is 18.0 Å². The zero-order valence-electron chi connectivity index (χ0n) is 14.1. The number of nitrogens with one attached hydrogen (secondary N) is 1. The third-order valence-corrected chi connectivity index (χ3v) is 4.81. The van der Waals surface area contributed by atoms with E-state index in [1.165, 1.54) is 19.3 Å². The van der Waals surface area contributed by atoms with Gasteiger partial charge in [-0.15, -0.1) is 0 Å². The molecule has 1 saturated heterocycles. The fourth-order valence-corrected chi connectivity index (χ4v) is 3.31. The molecule has 1 atom stereocenters. The molecule has 0 bridgehead atoms. The molecule has 1 aliphatic heterocycles. The average molecular weight is 328 g/mol. The van der Waals surface area contributed by atoms with Gasteiger partial charge in [-0.25, -0.2) is 9.97 Å². The Kier molecular flexibility index (Phi) is 4.32. The Bertz CT molecular complexity index is 683. The minimum absolute atomic E-state index is 0.536. The van der Waals surface area contributed by atoms with Crippen LogP contribution in [0.2, 0.25) is 0 Å². The summed E-state index contributed by atoms with van der Waals surface area (Å²) in [6.45, 7) is 4.88. The van der Waals surface area contributed by atoms with Crippen LogP contribution in [0.25, 0.3) is 0 Å². The molecule has 3 heterocycles. The smallest absolute Gasteiger partial charge is 0.223 e. The van der Waals surface area contributed by atoms with Gasteiger partial charge in [0.15, 0.2) is 5.82 Å². The lowest BCUT2D eigenvalue weighted by Crippen LogP contribution is -2.37. The number of hydrogen-bond donors (Lipinski definition) is 1. The Morgan fingerprint density at radius 1 is 1.25 bits per heavy atom. The van der Waals surface area contributed by atoms with E-state index in [-0.39, 0.29) is 0 Å². The summed E-state index contributed by atoms with van der Waals surface area (Å²) in [5, 5.41) is 7.46. The number of aryl methyl sites for hydroxylation is 1. The van der Waals surface area contributed by atoms with Crippen molar-refractivity contribution >= 4 is 11.6 Å². The Labute approximate surface area is 141 Å². The van der Waals surface area contributed by atoms with Gasteiger partial charge in [0.2, 0.25) is 5.89 Å². The maximum absolute atomic E-state index is 5.08. The normalized spacial score (nSPS) is 21.0. The molecule has 1 saturated carbocycles. The first kappa shape index (κ1) is 15.4. The van der Waals surface area contributed by atoms with Crippen LogP contribution < -0.4 is 10.2 Å². The van der Waals surface area contributed by atoms with Crippen LogP contribution in [-0.2, 0) is 6.42 Å². The van der Waals surface area contributed by atoms with Crippen LogP contribution in [0.3, 0.4) is 0 Å². The molecule has 7 nitrogen and oxygen atoms in total. The molecule has 2 fully saturated rings. The Balaban J connectivity index is 1.38. The van der Waals surface area contributed by atoms with E-state index in [1.54, 1.807) is 6.33 Å². The van der Waals surface area contributed by atoms with Gasteiger partial charge in [0.05, 0.1) is 0 Å². The summed E-state index contributed by atoms with van der Waals surface area (Å²) < 4.78 is 5.08. The predicted octanol–water partition coefficient (Wildman–Crippen LogP) is 2.45. The van der Waals surface area contributed by atoms with Gasteiger partial charge in [-0.1, -0.05) is 5.16 Å². The molecule has 128 valence electrons. The first-order valence-electron chi connectivity index (χ1n) is 8.86. The lowest BCUT2D eigenvalue weighted by molar-refractivity contribution is 0.369. The highest BCUT2D eigenvalue weighted by atomic mass is 16.5. The summed E-state index contributed by atoms with van der Waals surface area (Å²) >= 11 is 0. The quantitative estimate of drug-likeness (QED) is 0.872. The van der Waals surface area contributed by atoms with Gasteiger partial charge in [-0.05, 0) is 37.5 Å². The highest BCUT2D eigenvalue weighted by molar-refractivity contribution is 5.48. The predicted molar refractivity (Wildman–Crippen MR) is 90.9 cm³/mol. The van der Waals surface area contributed by atoms with Crippen LogP contribution in [-0.4, -0.2) is 39.7 Å². The fraction of sp³-hybridized carbons (Fsp3) is 0.647. The molecule has 0 spiro atoms. The molecule has 24 heavy (non-hydrogen) atoms. The van der Waals surface area contributed by atoms with E-state index < -0.39 is 0 Å². The molecule has 4 rings (SSSR count). The fourth-order valence-electron chi connectivity index (χ4n) is 3.31. The number of anilines is 2. The van der Waals surface area contributed by atoms with E-state index >= 15 is 0 Å². The van der Waals surface area contributed by atoms with Crippen molar-refractivity contribution in [2.75, 3.05) is 29.9 Å². The summed E-state index contributed by atoms with van der Waals surface area (Å²) in [6, 6.07) is 2.07. The van der Waals surface area contributed by atoms with Crippen LogP contribution >= 0.6 is 0 Å². The van der Waals surface area contributed by atoms with Crippen molar-refractivity contribution < 1.29 is 4.52 Å². The SMILES string of the molecule is Cc1nc(C[C@H]2CCCN(c3cc(NCC4CC4)ncn3)C2)no1. The Morgan fingerprint density at radius 2 is 2.17 bits per heavy atom. The first-order chi connectivity index (χ1) is 11.8. The minimum atomic E-state index is 0.536. The van der Waals surface area contributed by atoms with Crippen molar-refractivity contribution in [3.05, 3.63) is 24.1 Å². The number of aromatic nitrogens is 4. The second-order valence-corrected chi connectivity index (χ2v) is 6.97. The maximum atomic E-state index is 5.08. The van der Waals surface area contributed by atoms with E-state index in [0.717, 1.165) is 55.9 Å². The molecule has 0 radical (unpaired) electrons. The lowest BCUT2D eigenvalue weighted by Gasteiger charge is -2.33. The number of nitrogens with zero attached hydrogens (tertiary/aromatic N) is 5. The van der Waals surface area contributed by atoms with Crippen molar-refractivity contribution in [3.8, 4) is 0 Å². The standard InChI is InChI=1S/C17H24N6O/c1-12-21-16(22-24-12)7-14-3-2-6-23(10-14)17-8-15(19-11-20-17)18-9-13-4-5-13/h8,11,13-14H,2-7,9-10H2,1H3,(H,18,19,20)/t14-/m1/s1. The van der Waals surface area contributed by atoms with Crippen LogP contribution in [0.4, 0.5) is 11.6 Å². The van der Waals surface area contributed by atoms with Crippen molar-refractivity contribution in [2.24, 2.45) is 11.8 Å². The van der Waals surface area contributed by atoms with Crippen LogP contribution in [0.15, 0.2) is 16.9 Å². The van der Waals surface area contributed by atoms with E-state index in [1.807, 2.05) is 6.92 Å². The van der Waals surface area contributed by atoms with Crippen LogP contribution in [0.1, 0.15) is 37.4 Å². The second-order valence-electron chi connectivity index (χ2n) is 6.97. The maximum Gasteiger partial charge on any atom is 0.223 e. The second kappa shape index (κ2) is 6.75. The van der Waals surface area contributed by atoms with Gasteiger partial charge < -0.3 is 14.7 Å². The van der Waals surface area contributed by atoms with Crippen molar-refractivity contribution in [1.29, 1.82) is 0 Å². The lowest BCUT2D eigenvalue weighted by atomic mass is 9.94. The summed E-state index contributed by atoms with van der Waals surface area (Å²) in [4.78, 5) is 15.5. The monoisotopic (exact) mass is 328 g/mol. The van der Waals surface area contributed by atoms with Crippen LogP contribution in [0.5, 0.6) is 0 Å². The third kappa shape index (κ3) is 3.83. The average Bonchev–Trinajstić information content (AvgIpc) is 3.35. The number of rotatable bonds is 6. The number of hydrogen-bond acceptors (Lipinski definition) is 7. The molecule has 2 aromatic heterocycles. The Hall–Kier alpha value is -2.18. The molecule has 7 heteroatoms. The largest absolute Gasteiger partial charge is 0.370 e. The van der Waals surface area contributed by atoms with E-state index in [0.29, 0.717) is 11.8 Å². The molecule has 1 aliphatic carbocycles. The van der Waals surface area contributed by atoms with E-state index in [2.05, 4.69) is 36.4 Å². The summed E-state index contributed by atoms with van der Waals surface area (Å²) in [5.41, 5.74) is 0. The first-order valence-corrected chi connectivity index (χ1v) is 8.86. The molecule has 2 aliphatic rings. The third-order valence-electron chi connectivity index (χ3n) is 4.81. The molecule has 1 N–H and O–H groups in total. The topological polar surface area (TPSA) is 80.0 Å².